The summed E-state index contributed by atoms with van der Waals surface area (Å²) < 4.78 is 10.4. The first-order valence-corrected chi connectivity index (χ1v) is 9.58. The third-order valence-electron chi connectivity index (χ3n) is 4.42. The number of hydrogen-bond acceptors (Lipinski definition) is 6. The Kier molecular flexibility index (Phi) is 6.10. The monoisotopic (exact) mass is 409 g/mol. The van der Waals surface area contributed by atoms with E-state index >= 15 is 0 Å². The minimum Gasteiger partial charge on any atom is -0.497 e. The fourth-order valence-electron chi connectivity index (χ4n) is 2.96. The number of primary amides is 1. The van der Waals surface area contributed by atoms with Gasteiger partial charge in [0.2, 0.25) is 5.91 Å². The van der Waals surface area contributed by atoms with Crippen molar-refractivity contribution in [3.8, 4) is 17.6 Å². The fraction of sp³-hybridized carbons (Fsp3) is 0.190. The molecule has 3 rings (SSSR count). The van der Waals surface area contributed by atoms with E-state index in [-0.39, 0.29) is 16.5 Å². The predicted octanol–water partition coefficient (Wildman–Crippen LogP) is 2.62. The highest BCUT2D eigenvalue weighted by molar-refractivity contribution is 8.05. The number of methoxy groups -OCH3 is 2. The molecule has 8 heteroatoms. The van der Waals surface area contributed by atoms with Crippen molar-refractivity contribution in [3.05, 3.63) is 64.7 Å². The summed E-state index contributed by atoms with van der Waals surface area (Å²) in [7, 11) is 3.11. The van der Waals surface area contributed by atoms with E-state index in [1.807, 2.05) is 30.3 Å². The number of hydrogen-bond donors (Lipinski definition) is 1. The van der Waals surface area contributed by atoms with E-state index in [0.29, 0.717) is 17.9 Å². The topological polar surface area (TPSA) is 106 Å². The molecule has 0 bridgehead atoms. The summed E-state index contributed by atoms with van der Waals surface area (Å²) >= 11 is 1.16. The minimum absolute atomic E-state index is 0.233. The highest BCUT2D eigenvalue weighted by Gasteiger charge is 2.40. The molecule has 2 N–H and O–H groups in total. The van der Waals surface area contributed by atoms with Gasteiger partial charge in [-0.2, -0.15) is 5.26 Å². The first-order chi connectivity index (χ1) is 14.0. The van der Waals surface area contributed by atoms with Gasteiger partial charge in [0.1, 0.15) is 28.2 Å². The van der Waals surface area contributed by atoms with Crippen LogP contribution in [0.15, 0.2) is 59.1 Å². The maximum atomic E-state index is 13.2. The molecule has 29 heavy (non-hydrogen) atoms. The van der Waals surface area contributed by atoms with Crippen molar-refractivity contribution in [2.24, 2.45) is 5.73 Å². The van der Waals surface area contributed by atoms with E-state index in [4.69, 9.17) is 15.2 Å². The number of thioether (sulfide) groups is 1. The van der Waals surface area contributed by atoms with Crippen molar-refractivity contribution in [2.45, 2.75) is 11.7 Å². The zero-order valence-corrected chi connectivity index (χ0v) is 16.7. The lowest BCUT2D eigenvalue weighted by atomic mass is 10.1. The van der Waals surface area contributed by atoms with Gasteiger partial charge in [-0.1, -0.05) is 30.0 Å². The molecule has 2 aromatic rings. The van der Waals surface area contributed by atoms with Crippen LogP contribution >= 0.6 is 11.8 Å². The van der Waals surface area contributed by atoms with E-state index < -0.39 is 11.2 Å². The molecule has 1 fully saturated rings. The molecule has 0 saturated carbocycles. The van der Waals surface area contributed by atoms with Crippen molar-refractivity contribution >= 4 is 29.3 Å². The molecule has 148 valence electrons. The maximum absolute atomic E-state index is 13.2. The summed E-state index contributed by atoms with van der Waals surface area (Å²) in [5, 5.41) is 9.17. The largest absolute Gasteiger partial charge is 0.497 e. The van der Waals surface area contributed by atoms with Crippen LogP contribution in [0.4, 0.5) is 5.69 Å². The van der Waals surface area contributed by atoms with Gasteiger partial charge >= 0.3 is 0 Å². The SMILES string of the molecule is COc1ccc(C[C@H]2S/C(=C(/C#N)C(N)=O)N(c3cccc(OC)c3)C2=O)cc1. The average Bonchev–Trinajstić information content (AvgIpc) is 3.04. The van der Waals surface area contributed by atoms with Crippen LogP contribution in [-0.4, -0.2) is 31.3 Å². The molecular formula is C21H19N3O4S. The van der Waals surface area contributed by atoms with Crippen LogP contribution in [0, 0.1) is 11.3 Å². The number of anilines is 1. The fourth-order valence-corrected chi connectivity index (χ4v) is 4.28. The molecule has 2 amide bonds. The van der Waals surface area contributed by atoms with Crippen LogP contribution in [0.3, 0.4) is 0 Å². The van der Waals surface area contributed by atoms with Gasteiger partial charge in [-0.05, 0) is 36.2 Å². The number of carbonyl (C=O) groups excluding carboxylic acids is 2. The zero-order chi connectivity index (χ0) is 21.0. The van der Waals surface area contributed by atoms with Crippen LogP contribution in [0.2, 0.25) is 0 Å². The van der Waals surface area contributed by atoms with Crippen LogP contribution in [0.25, 0.3) is 0 Å². The number of ether oxygens (including phenoxy) is 2. The van der Waals surface area contributed by atoms with Gasteiger partial charge in [-0.25, -0.2) is 0 Å². The van der Waals surface area contributed by atoms with E-state index in [0.717, 1.165) is 23.1 Å². The molecule has 1 heterocycles. The maximum Gasteiger partial charge on any atom is 0.262 e. The van der Waals surface area contributed by atoms with E-state index in [2.05, 4.69) is 0 Å². The summed E-state index contributed by atoms with van der Waals surface area (Å²) in [6, 6.07) is 16.1. The summed E-state index contributed by atoms with van der Waals surface area (Å²) in [5.74, 6) is 0.165. The van der Waals surface area contributed by atoms with Gasteiger partial charge in [-0.3, -0.25) is 14.5 Å². The number of nitrogens with two attached hydrogens (primary N) is 1. The number of amides is 2. The van der Waals surface area contributed by atoms with Crippen LogP contribution in [0.5, 0.6) is 11.5 Å². The summed E-state index contributed by atoms with van der Waals surface area (Å²) in [5.41, 5.74) is 6.58. The molecular weight excluding hydrogens is 390 g/mol. The Morgan fingerprint density at radius 1 is 1.17 bits per heavy atom. The number of carbonyl (C=O) groups is 2. The molecule has 0 radical (unpaired) electrons. The lowest BCUT2D eigenvalue weighted by Crippen LogP contribution is -2.31. The smallest absolute Gasteiger partial charge is 0.262 e. The van der Waals surface area contributed by atoms with Crippen molar-refractivity contribution in [1.29, 1.82) is 5.26 Å². The highest BCUT2D eigenvalue weighted by Crippen LogP contribution is 2.42. The molecule has 7 nitrogen and oxygen atoms in total. The average molecular weight is 409 g/mol. The van der Waals surface area contributed by atoms with Gasteiger partial charge in [-0.15, -0.1) is 0 Å². The Labute approximate surface area is 172 Å². The quantitative estimate of drug-likeness (QED) is 0.581. The lowest BCUT2D eigenvalue weighted by molar-refractivity contribution is -0.117. The minimum atomic E-state index is -0.874. The first kappa shape index (κ1) is 20.3. The normalized spacial score (nSPS) is 17.6. The Morgan fingerprint density at radius 2 is 1.86 bits per heavy atom. The van der Waals surface area contributed by atoms with Gasteiger partial charge in [0.05, 0.1) is 25.2 Å². The van der Waals surface area contributed by atoms with Crippen LogP contribution in [-0.2, 0) is 16.0 Å². The third kappa shape index (κ3) is 4.20. The Balaban J connectivity index is 2.00. The van der Waals surface area contributed by atoms with Crippen molar-refractivity contribution in [2.75, 3.05) is 19.1 Å². The second-order valence-corrected chi connectivity index (χ2v) is 7.38. The van der Waals surface area contributed by atoms with E-state index in [9.17, 15) is 14.9 Å². The van der Waals surface area contributed by atoms with Gasteiger partial charge < -0.3 is 15.2 Å². The Bertz CT molecular complexity index is 1010. The molecule has 0 aromatic heterocycles. The third-order valence-corrected chi connectivity index (χ3v) is 5.68. The number of rotatable bonds is 6. The Morgan fingerprint density at radius 3 is 2.45 bits per heavy atom. The second kappa shape index (κ2) is 8.71. The lowest BCUT2D eigenvalue weighted by Gasteiger charge is -2.18. The highest BCUT2D eigenvalue weighted by atomic mass is 32.2. The van der Waals surface area contributed by atoms with Crippen molar-refractivity contribution < 1.29 is 19.1 Å². The van der Waals surface area contributed by atoms with E-state index in [1.165, 1.54) is 12.0 Å². The number of benzene rings is 2. The van der Waals surface area contributed by atoms with Gasteiger partial charge in [0.25, 0.3) is 5.91 Å². The van der Waals surface area contributed by atoms with E-state index in [1.54, 1.807) is 31.4 Å². The van der Waals surface area contributed by atoms with Crippen molar-refractivity contribution in [3.63, 3.8) is 0 Å². The molecule has 0 aliphatic carbocycles. The predicted molar refractivity (Wildman–Crippen MR) is 110 cm³/mol. The number of nitrogens with zero attached hydrogens (tertiary/aromatic N) is 2. The molecule has 2 aromatic carbocycles. The summed E-state index contributed by atoms with van der Waals surface area (Å²) in [6.07, 6.45) is 0.426. The standard InChI is InChI=1S/C21H19N3O4S/c1-27-15-8-6-13(7-9-15)10-18-20(26)24(14-4-3-5-16(11-14)28-2)21(29-18)17(12-22)19(23)25/h3-9,11,18H,10H2,1-2H3,(H2,23,25)/b21-17-/t18-/m1/s1. The van der Waals surface area contributed by atoms with Gasteiger partial charge in [0, 0.05) is 6.07 Å². The molecule has 1 atom stereocenters. The molecule has 0 spiro atoms. The molecule has 1 aliphatic rings. The van der Waals surface area contributed by atoms with Gasteiger partial charge in [0.15, 0.2) is 0 Å². The Hall–Kier alpha value is -3.44. The molecule has 1 saturated heterocycles. The zero-order valence-electron chi connectivity index (χ0n) is 15.9. The molecule has 1 aliphatic heterocycles. The second-order valence-electron chi connectivity index (χ2n) is 6.19. The van der Waals surface area contributed by atoms with Crippen LogP contribution in [0.1, 0.15) is 5.56 Å². The summed E-state index contributed by atoms with van der Waals surface area (Å²) in [6.45, 7) is 0. The molecule has 0 unspecified atom stereocenters. The van der Waals surface area contributed by atoms with Crippen molar-refractivity contribution in [1.82, 2.24) is 0 Å². The first-order valence-electron chi connectivity index (χ1n) is 8.70. The number of nitriles is 1. The van der Waals surface area contributed by atoms with Crippen LogP contribution < -0.4 is 20.1 Å². The summed E-state index contributed by atoms with van der Waals surface area (Å²) in [4.78, 5) is 26.4.